The van der Waals surface area contributed by atoms with Crippen LogP contribution in [0.15, 0.2) is 71.6 Å². The molecule has 3 rings (SSSR count). The molecule has 0 spiro atoms. The van der Waals surface area contributed by atoms with E-state index >= 15 is 0 Å². The average molecular weight is 485 g/mol. The Balaban J connectivity index is 1.73. The SMILES string of the molecule is CCOc1ccc(NS(=O)(=O)c2ccc(C(=O)Nc3cc(OCC)ccc3OCC)cc2)cc1. The standard InChI is InChI=1S/C25H28N2O6S/c1-4-31-20-11-9-19(10-12-20)27-34(29,30)22-14-7-18(8-15-22)25(28)26-23-17-21(32-5-2)13-16-24(23)33-6-3/h7-17,27H,4-6H2,1-3H3,(H,26,28). The number of anilines is 2. The molecule has 0 heterocycles. The van der Waals surface area contributed by atoms with Gasteiger partial charge in [0.05, 0.1) is 30.4 Å². The smallest absolute Gasteiger partial charge is 0.261 e. The van der Waals surface area contributed by atoms with Gasteiger partial charge < -0.3 is 19.5 Å². The fraction of sp³-hybridized carbons (Fsp3) is 0.240. The lowest BCUT2D eigenvalue weighted by atomic mass is 10.2. The van der Waals surface area contributed by atoms with E-state index in [2.05, 4.69) is 10.0 Å². The van der Waals surface area contributed by atoms with Crippen LogP contribution in [-0.4, -0.2) is 34.1 Å². The summed E-state index contributed by atoms with van der Waals surface area (Å²) in [7, 11) is -3.82. The van der Waals surface area contributed by atoms with Crippen molar-refractivity contribution in [1.29, 1.82) is 0 Å². The van der Waals surface area contributed by atoms with Crippen molar-refractivity contribution < 1.29 is 27.4 Å². The number of nitrogens with one attached hydrogen (secondary N) is 2. The van der Waals surface area contributed by atoms with Gasteiger partial charge >= 0.3 is 0 Å². The van der Waals surface area contributed by atoms with Crippen molar-refractivity contribution in [3.8, 4) is 17.2 Å². The van der Waals surface area contributed by atoms with Crippen LogP contribution in [0.5, 0.6) is 17.2 Å². The van der Waals surface area contributed by atoms with Crippen molar-refractivity contribution in [3.63, 3.8) is 0 Å². The molecule has 8 nitrogen and oxygen atoms in total. The average Bonchev–Trinajstić information content (AvgIpc) is 2.82. The molecule has 0 saturated carbocycles. The highest BCUT2D eigenvalue weighted by atomic mass is 32.2. The van der Waals surface area contributed by atoms with Gasteiger partial charge in [0, 0.05) is 17.3 Å². The third-order valence-corrected chi connectivity index (χ3v) is 6.05. The van der Waals surface area contributed by atoms with Crippen molar-refractivity contribution in [2.45, 2.75) is 25.7 Å². The maximum Gasteiger partial charge on any atom is 0.261 e. The molecular formula is C25H28N2O6S. The van der Waals surface area contributed by atoms with Crippen LogP contribution in [0, 0.1) is 0 Å². The number of benzene rings is 3. The summed E-state index contributed by atoms with van der Waals surface area (Å²) in [6, 6.07) is 17.5. The Kier molecular flexibility index (Phi) is 8.37. The third kappa shape index (κ3) is 6.41. The highest BCUT2D eigenvalue weighted by molar-refractivity contribution is 7.92. The summed E-state index contributed by atoms with van der Waals surface area (Å²) in [4.78, 5) is 12.8. The van der Waals surface area contributed by atoms with Crippen LogP contribution in [0.1, 0.15) is 31.1 Å². The predicted octanol–water partition coefficient (Wildman–Crippen LogP) is 4.94. The number of amides is 1. The summed E-state index contributed by atoms with van der Waals surface area (Å²) in [6.07, 6.45) is 0. The van der Waals surface area contributed by atoms with Crippen molar-refractivity contribution in [1.82, 2.24) is 0 Å². The highest BCUT2D eigenvalue weighted by Crippen LogP contribution is 2.30. The molecule has 1 amide bonds. The van der Waals surface area contributed by atoms with Crippen LogP contribution in [0.25, 0.3) is 0 Å². The summed E-state index contributed by atoms with van der Waals surface area (Å²) in [5.74, 6) is 1.36. The second-order valence-electron chi connectivity index (χ2n) is 7.07. The minimum Gasteiger partial charge on any atom is -0.494 e. The van der Waals surface area contributed by atoms with Crippen LogP contribution in [0.2, 0.25) is 0 Å². The van der Waals surface area contributed by atoms with E-state index in [4.69, 9.17) is 14.2 Å². The number of hydrogen-bond acceptors (Lipinski definition) is 6. The van der Waals surface area contributed by atoms with Crippen LogP contribution in [0.3, 0.4) is 0 Å². The van der Waals surface area contributed by atoms with Gasteiger partial charge in [-0.2, -0.15) is 0 Å². The summed E-state index contributed by atoms with van der Waals surface area (Å²) >= 11 is 0. The molecule has 3 aromatic rings. The first kappa shape index (κ1) is 24.9. The lowest BCUT2D eigenvalue weighted by Crippen LogP contribution is -2.15. The van der Waals surface area contributed by atoms with Gasteiger partial charge in [0.15, 0.2) is 0 Å². The molecule has 3 aromatic carbocycles. The first-order chi connectivity index (χ1) is 16.4. The van der Waals surface area contributed by atoms with Crippen molar-refractivity contribution >= 4 is 27.3 Å². The van der Waals surface area contributed by atoms with Gasteiger partial charge in [0.1, 0.15) is 17.2 Å². The van der Waals surface area contributed by atoms with Crippen molar-refractivity contribution in [2.24, 2.45) is 0 Å². The van der Waals surface area contributed by atoms with E-state index in [1.807, 2.05) is 20.8 Å². The minimum absolute atomic E-state index is 0.0336. The summed E-state index contributed by atoms with van der Waals surface area (Å²) in [5, 5.41) is 2.80. The van der Waals surface area contributed by atoms with E-state index < -0.39 is 15.9 Å². The fourth-order valence-corrected chi connectivity index (χ4v) is 4.18. The van der Waals surface area contributed by atoms with Crippen LogP contribution in [-0.2, 0) is 10.0 Å². The molecule has 9 heteroatoms. The van der Waals surface area contributed by atoms with E-state index in [-0.39, 0.29) is 4.90 Å². The van der Waals surface area contributed by atoms with Crippen molar-refractivity contribution in [2.75, 3.05) is 29.9 Å². The van der Waals surface area contributed by atoms with E-state index in [1.54, 1.807) is 42.5 Å². The summed E-state index contributed by atoms with van der Waals surface area (Å²) in [6.45, 7) is 7.04. The number of sulfonamides is 1. The number of hydrogen-bond donors (Lipinski definition) is 2. The zero-order chi connectivity index (χ0) is 24.6. The second-order valence-corrected chi connectivity index (χ2v) is 8.75. The monoisotopic (exact) mass is 484 g/mol. The molecule has 0 aliphatic carbocycles. The van der Waals surface area contributed by atoms with Gasteiger partial charge in [-0.1, -0.05) is 0 Å². The van der Waals surface area contributed by atoms with Gasteiger partial charge in [0.2, 0.25) is 0 Å². The molecule has 34 heavy (non-hydrogen) atoms. The Morgan fingerprint density at radius 1 is 0.765 bits per heavy atom. The lowest BCUT2D eigenvalue weighted by Gasteiger charge is -2.14. The summed E-state index contributed by atoms with van der Waals surface area (Å²) in [5.41, 5.74) is 1.17. The first-order valence-corrected chi connectivity index (χ1v) is 12.4. The minimum atomic E-state index is -3.82. The molecule has 0 fully saturated rings. The molecule has 0 aliphatic rings. The highest BCUT2D eigenvalue weighted by Gasteiger charge is 2.16. The molecule has 0 aliphatic heterocycles. The van der Waals surface area contributed by atoms with E-state index in [0.29, 0.717) is 54.0 Å². The fourth-order valence-electron chi connectivity index (χ4n) is 3.12. The maximum atomic E-state index is 12.8. The molecule has 0 aromatic heterocycles. The van der Waals surface area contributed by atoms with E-state index in [9.17, 15) is 13.2 Å². The normalized spacial score (nSPS) is 10.9. The van der Waals surface area contributed by atoms with Crippen molar-refractivity contribution in [3.05, 3.63) is 72.3 Å². The second kappa shape index (κ2) is 11.4. The van der Waals surface area contributed by atoms with Crippen LogP contribution >= 0.6 is 0 Å². The Morgan fingerprint density at radius 2 is 1.35 bits per heavy atom. The third-order valence-electron chi connectivity index (χ3n) is 4.65. The zero-order valence-electron chi connectivity index (χ0n) is 19.3. The largest absolute Gasteiger partial charge is 0.494 e. The number of carbonyl (C=O) groups is 1. The zero-order valence-corrected chi connectivity index (χ0v) is 20.1. The van der Waals surface area contributed by atoms with Gasteiger partial charge in [0.25, 0.3) is 15.9 Å². The topological polar surface area (TPSA) is 103 Å². The molecule has 0 radical (unpaired) electrons. The van der Waals surface area contributed by atoms with E-state index in [1.165, 1.54) is 24.3 Å². The molecular weight excluding hydrogens is 456 g/mol. The van der Waals surface area contributed by atoms with Crippen LogP contribution in [0.4, 0.5) is 11.4 Å². The number of ether oxygens (including phenoxy) is 3. The Labute approximate surface area is 199 Å². The quantitative estimate of drug-likeness (QED) is 0.400. The molecule has 2 N–H and O–H groups in total. The van der Waals surface area contributed by atoms with Gasteiger partial charge in [-0.25, -0.2) is 8.42 Å². The van der Waals surface area contributed by atoms with Gasteiger partial charge in [-0.05, 0) is 81.4 Å². The van der Waals surface area contributed by atoms with E-state index in [0.717, 1.165) is 0 Å². The number of rotatable bonds is 11. The molecule has 0 bridgehead atoms. The Hall–Kier alpha value is -3.72. The van der Waals surface area contributed by atoms with Gasteiger partial charge in [-0.3, -0.25) is 9.52 Å². The lowest BCUT2D eigenvalue weighted by molar-refractivity contribution is 0.102. The molecule has 0 saturated heterocycles. The Bertz CT molecular complexity index is 1210. The maximum absolute atomic E-state index is 12.8. The molecule has 0 atom stereocenters. The Morgan fingerprint density at radius 3 is 1.97 bits per heavy atom. The number of carbonyl (C=O) groups excluding carboxylic acids is 1. The molecule has 180 valence electrons. The molecule has 0 unspecified atom stereocenters. The van der Waals surface area contributed by atoms with Crippen LogP contribution < -0.4 is 24.2 Å². The first-order valence-electron chi connectivity index (χ1n) is 10.9. The summed E-state index contributed by atoms with van der Waals surface area (Å²) < 4.78 is 44.4. The van der Waals surface area contributed by atoms with Gasteiger partial charge in [-0.15, -0.1) is 0 Å². The predicted molar refractivity (Wildman–Crippen MR) is 132 cm³/mol.